The third-order valence-electron chi connectivity index (χ3n) is 2.69. The fraction of sp³-hybridized carbons (Fsp3) is 0.250. The minimum Gasteiger partial charge on any atom is -0.480 e. The molecule has 3 N–H and O–H groups in total. The Balaban J connectivity index is 2.23. The Labute approximate surface area is 108 Å². The fourth-order valence-electron chi connectivity index (χ4n) is 1.70. The second kappa shape index (κ2) is 5.15. The van der Waals surface area contributed by atoms with E-state index in [0.29, 0.717) is 16.9 Å². The SMILES string of the molecule is Cc1cc(F)ccc1-n1cc(CC(N)C(=O)O)nn1. The Bertz CT molecular complexity index is 612. The van der Waals surface area contributed by atoms with Crippen molar-refractivity contribution in [1.29, 1.82) is 0 Å². The number of aromatic nitrogens is 3. The number of carbonyl (C=O) groups is 1. The van der Waals surface area contributed by atoms with Crippen LogP contribution in [0.1, 0.15) is 11.3 Å². The van der Waals surface area contributed by atoms with Crippen molar-refractivity contribution in [2.24, 2.45) is 5.73 Å². The van der Waals surface area contributed by atoms with E-state index in [1.165, 1.54) is 16.8 Å². The zero-order valence-electron chi connectivity index (χ0n) is 10.2. The second-order valence-corrected chi connectivity index (χ2v) is 4.23. The van der Waals surface area contributed by atoms with E-state index in [1.807, 2.05) is 0 Å². The van der Waals surface area contributed by atoms with Gasteiger partial charge in [-0.25, -0.2) is 9.07 Å². The van der Waals surface area contributed by atoms with Crippen molar-refractivity contribution >= 4 is 5.97 Å². The molecule has 19 heavy (non-hydrogen) atoms. The first-order chi connectivity index (χ1) is 8.97. The molecule has 1 atom stereocenters. The van der Waals surface area contributed by atoms with Gasteiger partial charge in [0.1, 0.15) is 11.9 Å². The summed E-state index contributed by atoms with van der Waals surface area (Å²) < 4.78 is 14.5. The van der Waals surface area contributed by atoms with Gasteiger partial charge in [0, 0.05) is 6.42 Å². The summed E-state index contributed by atoms with van der Waals surface area (Å²) in [6, 6.07) is 3.28. The average Bonchev–Trinajstić information content (AvgIpc) is 2.77. The van der Waals surface area contributed by atoms with Gasteiger partial charge in [-0.05, 0) is 30.7 Å². The van der Waals surface area contributed by atoms with Gasteiger partial charge in [-0.3, -0.25) is 4.79 Å². The van der Waals surface area contributed by atoms with Crippen molar-refractivity contribution < 1.29 is 14.3 Å². The Hall–Kier alpha value is -2.28. The highest BCUT2D eigenvalue weighted by molar-refractivity contribution is 5.73. The van der Waals surface area contributed by atoms with E-state index in [2.05, 4.69) is 10.3 Å². The van der Waals surface area contributed by atoms with Crippen molar-refractivity contribution in [1.82, 2.24) is 15.0 Å². The van der Waals surface area contributed by atoms with Gasteiger partial charge in [0.25, 0.3) is 0 Å². The topological polar surface area (TPSA) is 94.0 Å². The molecule has 1 aromatic carbocycles. The number of rotatable bonds is 4. The number of aliphatic carboxylic acids is 1. The van der Waals surface area contributed by atoms with Crippen LogP contribution in [-0.4, -0.2) is 32.1 Å². The normalized spacial score (nSPS) is 12.4. The van der Waals surface area contributed by atoms with Crippen molar-refractivity contribution in [3.05, 3.63) is 41.5 Å². The molecule has 0 amide bonds. The molecule has 0 saturated carbocycles. The van der Waals surface area contributed by atoms with Gasteiger partial charge in [0.05, 0.1) is 17.6 Å². The van der Waals surface area contributed by atoms with Gasteiger partial charge in [0.15, 0.2) is 0 Å². The predicted molar refractivity (Wildman–Crippen MR) is 65.4 cm³/mol. The maximum Gasteiger partial charge on any atom is 0.320 e. The van der Waals surface area contributed by atoms with Crippen LogP contribution < -0.4 is 5.73 Å². The lowest BCUT2D eigenvalue weighted by atomic mass is 10.2. The maximum absolute atomic E-state index is 13.0. The van der Waals surface area contributed by atoms with Gasteiger partial charge in [-0.2, -0.15) is 0 Å². The number of carboxylic acid groups (broad SMARTS) is 1. The standard InChI is InChI=1S/C12H13FN4O2/c1-7-4-8(13)2-3-11(7)17-6-9(15-16-17)5-10(14)12(18)19/h2-4,6,10H,5,14H2,1H3,(H,18,19). The number of aryl methyl sites for hydroxylation is 1. The molecular formula is C12H13FN4O2. The number of hydrogen-bond acceptors (Lipinski definition) is 4. The molecule has 1 aromatic heterocycles. The fourth-order valence-corrected chi connectivity index (χ4v) is 1.70. The lowest BCUT2D eigenvalue weighted by Crippen LogP contribution is -2.32. The summed E-state index contributed by atoms with van der Waals surface area (Å²) in [4.78, 5) is 10.7. The highest BCUT2D eigenvalue weighted by Crippen LogP contribution is 2.14. The van der Waals surface area contributed by atoms with Crippen LogP contribution in [0.2, 0.25) is 0 Å². The van der Waals surface area contributed by atoms with Crippen LogP contribution >= 0.6 is 0 Å². The quantitative estimate of drug-likeness (QED) is 0.846. The van der Waals surface area contributed by atoms with E-state index in [0.717, 1.165) is 0 Å². The average molecular weight is 264 g/mol. The number of benzene rings is 1. The number of nitrogens with two attached hydrogens (primary N) is 1. The summed E-state index contributed by atoms with van der Waals surface area (Å²) in [6.07, 6.45) is 1.68. The van der Waals surface area contributed by atoms with Gasteiger partial charge in [0.2, 0.25) is 0 Å². The molecule has 0 saturated heterocycles. The Morgan fingerprint density at radius 3 is 2.95 bits per heavy atom. The summed E-state index contributed by atoms with van der Waals surface area (Å²) in [5, 5.41) is 16.5. The lowest BCUT2D eigenvalue weighted by molar-refractivity contribution is -0.138. The first-order valence-corrected chi connectivity index (χ1v) is 5.63. The van der Waals surface area contributed by atoms with Crippen LogP contribution in [0.5, 0.6) is 0 Å². The van der Waals surface area contributed by atoms with Gasteiger partial charge < -0.3 is 10.8 Å². The molecule has 100 valence electrons. The monoisotopic (exact) mass is 264 g/mol. The van der Waals surface area contributed by atoms with E-state index >= 15 is 0 Å². The third kappa shape index (κ3) is 2.94. The summed E-state index contributed by atoms with van der Waals surface area (Å²) in [5.74, 6) is -1.41. The minimum atomic E-state index is -1.09. The predicted octanol–water partition coefficient (Wildman–Crippen LogP) is 0.669. The van der Waals surface area contributed by atoms with Crippen molar-refractivity contribution in [3.63, 3.8) is 0 Å². The zero-order chi connectivity index (χ0) is 14.0. The summed E-state index contributed by atoms with van der Waals surface area (Å²) in [6.45, 7) is 1.75. The van der Waals surface area contributed by atoms with Crippen molar-refractivity contribution in [2.45, 2.75) is 19.4 Å². The van der Waals surface area contributed by atoms with Crippen molar-refractivity contribution in [3.8, 4) is 5.69 Å². The van der Waals surface area contributed by atoms with Crippen LogP contribution in [-0.2, 0) is 11.2 Å². The van der Waals surface area contributed by atoms with Crippen LogP contribution in [0.3, 0.4) is 0 Å². The van der Waals surface area contributed by atoms with Gasteiger partial charge in [-0.15, -0.1) is 5.10 Å². The number of halogens is 1. The first-order valence-electron chi connectivity index (χ1n) is 5.63. The zero-order valence-corrected chi connectivity index (χ0v) is 10.2. The van der Waals surface area contributed by atoms with E-state index in [-0.39, 0.29) is 12.2 Å². The highest BCUT2D eigenvalue weighted by Gasteiger charge is 2.15. The van der Waals surface area contributed by atoms with Crippen molar-refractivity contribution in [2.75, 3.05) is 0 Å². The second-order valence-electron chi connectivity index (χ2n) is 4.23. The van der Waals surface area contributed by atoms with Crippen LogP contribution in [0, 0.1) is 12.7 Å². The minimum absolute atomic E-state index is 0.0928. The van der Waals surface area contributed by atoms with Crippen LogP contribution in [0.15, 0.2) is 24.4 Å². The first kappa shape index (κ1) is 13.2. The Morgan fingerprint density at radius 2 is 2.32 bits per heavy atom. The Morgan fingerprint density at radius 1 is 1.58 bits per heavy atom. The molecule has 2 rings (SSSR count). The molecule has 2 aromatic rings. The van der Waals surface area contributed by atoms with Gasteiger partial charge >= 0.3 is 5.97 Å². The molecule has 0 radical (unpaired) electrons. The smallest absolute Gasteiger partial charge is 0.320 e. The molecule has 0 bridgehead atoms. The number of nitrogens with zero attached hydrogens (tertiary/aromatic N) is 3. The largest absolute Gasteiger partial charge is 0.480 e. The van der Waals surface area contributed by atoms with E-state index < -0.39 is 12.0 Å². The molecule has 0 spiro atoms. The van der Waals surface area contributed by atoms with Crippen LogP contribution in [0.4, 0.5) is 4.39 Å². The third-order valence-corrected chi connectivity index (χ3v) is 2.69. The molecule has 1 unspecified atom stereocenters. The number of carboxylic acids is 1. The molecule has 6 nitrogen and oxygen atoms in total. The van der Waals surface area contributed by atoms with E-state index in [1.54, 1.807) is 19.2 Å². The summed E-state index contributed by atoms with van der Waals surface area (Å²) in [5.41, 5.74) is 7.28. The number of hydrogen-bond donors (Lipinski definition) is 2. The van der Waals surface area contributed by atoms with Crippen LogP contribution in [0.25, 0.3) is 5.69 Å². The highest BCUT2D eigenvalue weighted by atomic mass is 19.1. The molecular weight excluding hydrogens is 251 g/mol. The lowest BCUT2D eigenvalue weighted by Gasteiger charge is -2.04. The maximum atomic E-state index is 13.0. The summed E-state index contributed by atoms with van der Waals surface area (Å²) >= 11 is 0. The van der Waals surface area contributed by atoms with E-state index in [9.17, 15) is 9.18 Å². The molecule has 1 heterocycles. The van der Waals surface area contributed by atoms with Gasteiger partial charge in [-0.1, -0.05) is 5.21 Å². The summed E-state index contributed by atoms with van der Waals surface area (Å²) in [7, 11) is 0. The molecule has 0 aliphatic rings. The Kier molecular flexibility index (Phi) is 3.57. The molecule has 0 fully saturated rings. The van der Waals surface area contributed by atoms with E-state index in [4.69, 9.17) is 10.8 Å². The molecule has 7 heteroatoms. The molecule has 0 aliphatic heterocycles. The molecule has 0 aliphatic carbocycles.